The molecule has 1 aromatic heterocycles. The average Bonchev–Trinajstić information content (AvgIpc) is 3.27. The number of carbonyl (C=O) groups excluding carboxylic acids is 1. The van der Waals surface area contributed by atoms with E-state index in [0.717, 1.165) is 57.0 Å². The summed E-state index contributed by atoms with van der Waals surface area (Å²) in [6.07, 6.45) is 5.70. The first-order chi connectivity index (χ1) is 13.1. The minimum atomic E-state index is 0.223. The Kier molecular flexibility index (Phi) is 5.16. The van der Waals surface area contributed by atoms with Crippen LogP contribution in [-0.4, -0.2) is 57.8 Å². The van der Waals surface area contributed by atoms with Gasteiger partial charge in [-0.15, -0.1) is 0 Å². The van der Waals surface area contributed by atoms with Gasteiger partial charge in [0.2, 0.25) is 5.91 Å². The topological polar surface area (TPSA) is 50.6 Å². The van der Waals surface area contributed by atoms with Crippen LogP contribution in [0, 0.1) is 0 Å². The maximum atomic E-state index is 12.7. The standard InChI is InChI=1S/C21H28N4O2/c1-3-25-15-18(13-22-25)14-23-6-8-24(9-7-23)21(26)12-17-4-5-20-19(11-17)10-16(2)27-20/h4-5,11,13,15-16H,3,6-10,12,14H2,1-2H3/t16-/m1/s1. The zero-order valence-electron chi connectivity index (χ0n) is 16.2. The van der Waals surface area contributed by atoms with Gasteiger partial charge in [0.1, 0.15) is 11.9 Å². The summed E-state index contributed by atoms with van der Waals surface area (Å²) in [5, 5.41) is 4.34. The molecule has 2 aliphatic heterocycles. The van der Waals surface area contributed by atoms with Crippen molar-refractivity contribution in [3.63, 3.8) is 0 Å². The maximum absolute atomic E-state index is 12.7. The van der Waals surface area contributed by atoms with Gasteiger partial charge in [-0.2, -0.15) is 5.10 Å². The summed E-state index contributed by atoms with van der Waals surface area (Å²) in [6, 6.07) is 6.17. The van der Waals surface area contributed by atoms with Crippen molar-refractivity contribution in [2.75, 3.05) is 26.2 Å². The van der Waals surface area contributed by atoms with Gasteiger partial charge < -0.3 is 9.64 Å². The molecule has 0 bridgehead atoms. The minimum Gasteiger partial charge on any atom is -0.490 e. The monoisotopic (exact) mass is 368 g/mol. The van der Waals surface area contributed by atoms with E-state index in [9.17, 15) is 4.79 Å². The summed E-state index contributed by atoms with van der Waals surface area (Å²) in [7, 11) is 0. The van der Waals surface area contributed by atoms with Gasteiger partial charge >= 0.3 is 0 Å². The number of carbonyl (C=O) groups is 1. The molecule has 0 spiro atoms. The number of aryl methyl sites for hydroxylation is 1. The van der Waals surface area contributed by atoms with Gasteiger partial charge in [-0.1, -0.05) is 12.1 Å². The number of rotatable bonds is 5. The second kappa shape index (κ2) is 7.72. The molecule has 0 saturated carbocycles. The Labute approximate surface area is 160 Å². The second-order valence-electron chi connectivity index (χ2n) is 7.61. The molecule has 6 nitrogen and oxygen atoms in total. The Balaban J connectivity index is 1.28. The molecule has 2 aliphatic rings. The Bertz CT molecular complexity index is 808. The molecule has 1 saturated heterocycles. The molecule has 144 valence electrons. The smallest absolute Gasteiger partial charge is 0.227 e. The molecular weight excluding hydrogens is 340 g/mol. The van der Waals surface area contributed by atoms with Gasteiger partial charge in [0, 0.05) is 57.4 Å². The highest BCUT2D eigenvalue weighted by Gasteiger charge is 2.23. The Morgan fingerprint density at radius 1 is 1.22 bits per heavy atom. The van der Waals surface area contributed by atoms with Gasteiger partial charge in [-0.3, -0.25) is 14.4 Å². The van der Waals surface area contributed by atoms with Crippen LogP contribution in [0.25, 0.3) is 0 Å². The van der Waals surface area contributed by atoms with Crippen molar-refractivity contribution in [1.29, 1.82) is 0 Å². The quantitative estimate of drug-likeness (QED) is 0.811. The molecule has 0 aliphatic carbocycles. The molecular formula is C21H28N4O2. The highest BCUT2D eigenvalue weighted by molar-refractivity contribution is 5.79. The Hall–Kier alpha value is -2.34. The summed E-state index contributed by atoms with van der Waals surface area (Å²) < 4.78 is 7.70. The molecule has 1 fully saturated rings. The van der Waals surface area contributed by atoms with E-state index in [1.165, 1.54) is 11.1 Å². The Morgan fingerprint density at radius 3 is 2.78 bits per heavy atom. The van der Waals surface area contributed by atoms with Gasteiger partial charge in [0.05, 0.1) is 12.6 Å². The number of fused-ring (bicyclic) bond motifs is 1. The molecule has 6 heteroatoms. The van der Waals surface area contributed by atoms with Gasteiger partial charge in [0.15, 0.2) is 0 Å². The summed E-state index contributed by atoms with van der Waals surface area (Å²) in [4.78, 5) is 17.1. The van der Waals surface area contributed by atoms with Crippen molar-refractivity contribution >= 4 is 5.91 Å². The first-order valence-electron chi connectivity index (χ1n) is 9.90. The van der Waals surface area contributed by atoms with Crippen LogP contribution in [0.1, 0.15) is 30.5 Å². The highest BCUT2D eigenvalue weighted by Crippen LogP contribution is 2.29. The van der Waals surface area contributed by atoms with E-state index in [-0.39, 0.29) is 12.0 Å². The van der Waals surface area contributed by atoms with E-state index in [1.807, 2.05) is 27.9 Å². The third-order valence-electron chi connectivity index (χ3n) is 5.46. The van der Waals surface area contributed by atoms with Crippen LogP contribution in [-0.2, 0) is 30.7 Å². The highest BCUT2D eigenvalue weighted by atomic mass is 16.5. The fraction of sp³-hybridized carbons (Fsp3) is 0.524. The van der Waals surface area contributed by atoms with E-state index >= 15 is 0 Å². The van der Waals surface area contributed by atoms with E-state index in [1.54, 1.807) is 0 Å². The SMILES string of the molecule is CCn1cc(CN2CCN(C(=O)Cc3ccc4c(c3)C[C@@H](C)O4)CC2)cn1. The Morgan fingerprint density at radius 2 is 2.04 bits per heavy atom. The molecule has 0 N–H and O–H groups in total. The minimum absolute atomic E-state index is 0.223. The van der Waals surface area contributed by atoms with Crippen molar-refractivity contribution in [2.45, 2.75) is 45.9 Å². The van der Waals surface area contributed by atoms with Crippen LogP contribution >= 0.6 is 0 Å². The van der Waals surface area contributed by atoms with Crippen molar-refractivity contribution in [3.8, 4) is 5.75 Å². The van der Waals surface area contributed by atoms with E-state index < -0.39 is 0 Å². The summed E-state index contributed by atoms with van der Waals surface area (Å²) >= 11 is 0. The van der Waals surface area contributed by atoms with Crippen LogP contribution in [0.5, 0.6) is 5.75 Å². The van der Waals surface area contributed by atoms with Crippen LogP contribution in [0.3, 0.4) is 0 Å². The lowest BCUT2D eigenvalue weighted by molar-refractivity contribution is -0.132. The second-order valence-corrected chi connectivity index (χ2v) is 7.61. The molecule has 4 rings (SSSR count). The number of hydrogen-bond acceptors (Lipinski definition) is 4. The molecule has 1 atom stereocenters. The lowest BCUT2D eigenvalue weighted by Crippen LogP contribution is -2.48. The fourth-order valence-corrected chi connectivity index (χ4v) is 3.95. The largest absolute Gasteiger partial charge is 0.490 e. The zero-order valence-corrected chi connectivity index (χ0v) is 16.2. The third kappa shape index (κ3) is 4.16. The lowest BCUT2D eigenvalue weighted by atomic mass is 10.0. The number of benzene rings is 1. The number of aromatic nitrogens is 2. The molecule has 0 radical (unpaired) electrons. The number of amides is 1. The van der Waals surface area contributed by atoms with E-state index in [2.05, 4.69) is 36.1 Å². The average molecular weight is 368 g/mol. The number of piperazine rings is 1. The van der Waals surface area contributed by atoms with E-state index in [4.69, 9.17) is 4.74 Å². The molecule has 27 heavy (non-hydrogen) atoms. The van der Waals surface area contributed by atoms with Crippen LogP contribution in [0.15, 0.2) is 30.6 Å². The molecule has 0 unspecified atom stereocenters. The van der Waals surface area contributed by atoms with Crippen molar-refractivity contribution in [1.82, 2.24) is 19.6 Å². The van der Waals surface area contributed by atoms with Crippen molar-refractivity contribution in [2.24, 2.45) is 0 Å². The first-order valence-corrected chi connectivity index (χ1v) is 9.90. The van der Waals surface area contributed by atoms with Crippen molar-refractivity contribution in [3.05, 3.63) is 47.3 Å². The zero-order chi connectivity index (χ0) is 18.8. The van der Waals surface area contributed by atoms with Crippen molar-refractivity contribution < 1.29 is 9.53 Å². The van der Waals surface area contributed by atoms with Gasteiger partial charge in [-0.25, -0.2) is 0 Å². The summed E-state index contributed by atoms with van der Waals surface area (Å²) in [5.41, 5.74) is 3.56. The molecule has 1 aromatic carbocycles. The van der Waals surface area contributed by atoms with E-state index in [0.29, 0.717) is 6.42 Å². The van der Waals surface area contributed by atoms with Gasteiger partial charge in [-0.05, 0) is 31.0 Å². The third-order valence-corrected chi connectivity index (χ3v) is 5.46. The molecule has 1 amide bonds. The first kappa shape index (κ1) is 18.0. The maximum Gasteiger partial charge on any atom is 0.227 e. The molecule has 3 heterocycles. The lowest BCUT2D eigenvalue weighted by Gasteiger charge is -2.34. The van der Waals surface area contributed by atoms with Crippen LogP contribution in [0.2, 0.25) is 0 Å². The number of ether oxygens (including phenoxy) is 1. The summed E-state index contributed by atoms with van der Waals surface area (Å²) in [5.74, 6) is 1.19. The predicted molar refractivity (Wildman–Crippen MR) is 104 cm³/mol. The molecule has 2 aromatic rings. The van der Waals surface area contributed by atoms with Crippen LogP contribution in [0.4, 0.5) is 0 Å². The normalized spacial score (nSPS) is 19.8. The van der Waals surface area contributed by atoms with Gasteiger partial charge in [0.25, 0.3) is 0 Å². The number of nitrogens with zero attached hydrogens (tertiary/aromatic N) is 4. The predicted octanol–water partition coefficient (Wildman–Crippen LogP) is 2.11. The summed E-state index contributed by atoms with van der Waals surface area (Å²) in [6.45, 7) is 9.41. The van der Waals surface area contributed by atoms with Crippen LogP contribution < -0.4 is 4.74 Å². The number of hydrogen-bond donors (Lipinski definition) is 0. The fourth-order valence-electron chi connectivity index (χ4n) is 3.95.